The molecule has 2 aromatic rings. The fourth-order valence-corrected chi connectivity index (χ4v) is 2.18. The van der Waals surface area contributed by atoms with E-state index in [9.17, 15) is 13.6 Å². The van der Waals surface area contributed by atoms with Crippen LogP contribution in [0.15, 0.2) is 30.9 Å². The van der Waals surface area contributed by atoms with Gasteiger partial charge in [0.15, 0.2) is 0 Å². The molecule has 7 heteroatoms. The van der Waals surface area contributed by atoms with Crippen molar-refractivity contribution in [3.63, 3.8) is 0 Å². The Kier molecular flexibility index (Phi) is 5.19. The number of hydrogen-bond acceptors (Lipinski definition) is 3. The second-order valence-corrected chi connectivity index (χ2v) is 5.11. The Balaban J connectivity index is 1.93. The van der Waals surface area contributed by atoms with Crippen molar-refractivity contribution in [2.24, 2.45) is 0 Å². The Labute approximate surface area is 127 Å². The van der Waals surface area contributed by atoms with E-state index < -0.39 is 17.7 Å². The van der Waals surface area contributed by atoms with Gasteiger partial charge < -0.3 is 4.90 Å². The van der Waals surface area contributed by atoms with Crippen LogP contribution in [0.5, 0.6) is 0 Å². The van der Waals surface area contributed by atoms with Crippen LogP contribution >= 0.6 is 0 Å². The van der Waals surface area contributed by atoms with Crippen LogP contribution in [0.25, 0.3) is 0 Å². The van der Waals surface area contributed by atoms with Crippen LogP contribution in [0.4, 0.5) is 8.78 Å². The van der Waals surface area contributed by atoms with Gasteiger partial charge in [-0.25, -0.2) is 13.8 Å². The summed E-state index contributed by atoms with van der Waals surface area (Å²) in [4.78, 5) is 17.4. The number of rotatable bonds is 6. The lowest BCUT2D eigenvalue weighted by Gasteiger charge is -2.25. The number of halogens is 2. The third kappa shape index (κ3) is 3.87. The highest BCUT2D eigenvalue weighted by Crippen LogP contribution is 2.23. The maximum Gasteiger partial charge on any atom is 0.222 e. The number of carbonyl (C=O) groups is 1. The molecule has 0 saturated carbocycles. The normalized spacial score (nSPS) is 12.2. The number of aromatic nitrogens is 3. The summed E-state index contributed by atoms with van der Waals surface area (Å²) in [6.07, 6.45) is 3.92. The predicted octanol–water partition coefficient (Wildman–Crippen LogP) is 2.56. The SMILES string of the molecule is CC(c1cc(F)ccc1F)N(C)C(=O)CCCn1cncn1. The smallest absolute Gasteiger partial charge is 0.222 e. The van der Waals surface area contributed by atoms with Crippen molar-refractivity contribution in [3.8, 4) is 0 Å². The van der Waals surface area contributed by atoms with Crippen LogP contribution in [0.2, 0.25) is 0 Å². The van der Waals surface area contributed by atoms with Crippen molar-refractivity contribution < 1.29 is 13.6 Å². The van der Waals surface area contributed by atoms with Crippen molar-refractivity contribution in [1.82, 2.24) is 19.7 Å². The first-order valence-electron chi connectivity index (χ1n) is 7.02. The lowest BCUT2D eigenvalue weighted by atomic mass is 10.1. The van der Waals surface area contributed by atoms with E-state index in [-0.39, 0.29) is 11.5 Å². The summed E-state index contributed by atoms with van der Waals surface area (Å²) in [5.74, 6) is -1.16. The number of carbonyl (C=O) groups excluding carboxylic acids is 1. The van der Waals surface area contributed by atoms with Crippen LogP contribution in [-0.4, -0.2) is 32.6 Å². The van der Waals surface area contributed by atoms with Gasteiger partial charge in [0.1, 0.15) is 24.3 Å². The summed E-state index contributed by atoms with van der Waals surface area (Å²) in [5.41, 5.74) is 0.173. The average Bonchev–Trinajstić information content (AvgIpc) is 3.01. The minimum Gasteiger partial charge on any atom is -0.339 e. The maximum atomic E-state index is 13.8. The van der Waals surface area contributed by atoms with Crippen LogP contribution < -0.4 is 0 Å². The molecule has 1 unspecified atom stereocenters. The Hall–Kier alpha value is -2.31. The number of amides is 1. The number of hydrogen-bond donors (Lipinski definition) is 0. The standard InChI is InChI=1S/C15H18F2N4O/c1-11(13-8-12(16)5-6-14(13)17)20(2)15(22)4-3-7-21-10-18-9-19-21/h5-6,8-11H,3-4,7H2,1-2H3. The van der Waals surface area contributed by atoms with Gasteiger partial charge in [0.2, 0.25) is 5.91 Å². The van der Waals surface area contributed by atoms with E-state index in [0.717, 1.165) is 18.2 Å². The van der Waals surface area contributed by atoms with Gasteiger partial charge in [-0.2, -0.15) is 5.10 Å². The Morgan fingerprint density at radius 1 is 1.41 bits per heavy atom. The molecular formula is C15H18F2N4O. The highest BCUT2D eigenvalue weighted by Gasteiger charge is 2.20. The van der Waals surface area contributed by atoms with E-state index in [1.54, 1.807) is 25.0 Å². The molecule has 2 rings (SSSR count). The molecule has 1 aromatic carbocycles. The molecule has 0 bridgehead atoms. The van der Waals surface area contributed by atoms with Gasteiger partial charge in [-0.3, -0.25) is 9.48 Å². The van der Waals surface area contributed by atoms with Gasteiger partial charge in [-0.1, -0.05) is 0 Å². The highest BCUT2D eigenvalue weighted by molar-refractivity contribution is 5.76. The summed E-state index contributed by atoms with van der Waals surface area (Å²) in [5, 5.41) is 3.95. The molecule has 0 aliphatic rings. The zero-order valence-electron chi connectivity index (χ0n) is 12.5. The molecule has 0 fully saturated rings. The summed E-state index contributed by atoms with van der Waals surface area (Å²) < 4.78 is 28.6. The Morgan fingerprint density at radius 2 is 2.18 bits per heavy atom. The largest absolute Gasteiger partial charge is 0.339 e. The monoisotopic (exact) mass is 308 g/mol. The third-order valence-corrected chi connectivity index (χ3v) is 3.63. The minimum atomic E-state index is -0.533. The van der Waals surface area contributed by atoms with Gasteiger partial charge >= 0.3 is 0 Å². The van der Waals surface area contributed by atoms with E-state index >= 15 is 0 Å². The van der Waals surface area contributed by atoms with E-state index in [2.05, 4.69) is 10.1 Å². The molecule has 1 heterocycles. The molecule has 1 atom stereocenters. The summed E-state index contributed by atoms with van der Waals surface area (Å²) >= 11 is 0. The second kappa shape index (κ2) is 7.11. The zero-order valence-corrected chi connectivity index (χ0v) is 12.5. The molecule has 22 heavy (non-hydrogen) atoms. The maximum absolute atomic E-state index is 13.8. The van der Waals surface area contributed by atoms with Crippen molar-refractivity contribution in [2.75, 3.05) is 7.05 Å². The minimum absolute atomic E-state index is 0.128. The van der Waals surface area contributed by atoms with Crippen LogP contribution in [0.3, 0.4) is 0 Å². The molecule has 0 N–H and O–H groups in total. The fourth-order valence-electron chi connectivity index (χ4n) is 2.18. The Morgan fingerprint density at radius 3 is 2.86 bits per heavy atom. The van der Waals surface area contributed by atoms with Gasteiger partial charge in [0.05, 0.1) is 6.04 Å². The van der Waals surface area contributed by atoms with Crippen molar-refractivity contribution in [3.05, 3.63) is 48.1 Å². The summed E-state index contributed by atoms with van der Waals surface area (Å²) in [6, 6.07) is 2.73. The molecule has 0 spiro atoms. The summed E-state index contributed by atoms with van der Waals surface area (Å²) in [7, 11) is 1.59. The second-order valence-electron chi connectivity index (χ2n) is 5.11. The summed E-state index contributed by atoms with van der Waals surface area (Å²) in [6.45, 7) is 2.26. The van der Waals surface area contributed by atoms with E-state index in [1.807, 2.05) is 0 Å². The zero-order chi connectivity index (χ0) is 16.1. The third-order valence-electron chi connectivity index (χ3n) is 3.63. The number of nitrogens with zero attached hydrogens (tertiary/aromatic N) is 4. The van der Waals surface area contributed by atoms with E-state index in [0.29, 0.717) is 19.4 Å². The topological polar surface area (TPSA) is 51.0 Å². The predicted molar refractivity (Wildman–Crippen MR) is 76.8 cm³/mol. The quantitative estimate of drug-likeness (QED) is 0.824. The van der Waals surface area contributed by atoms with Crippen molar-refractivity contribution in [2.45, 2.75) is 32.4 Å². The molecule has 0 saturated heterocycles. The lowest BCUT2D eigenvalue weighted by Crippen LogP contribution is -2.30. The van der Waals surface area contributed by atoms with Crippen LogP contribution in [0, 0.1) is 11.6 Å². The molecular weight excluding hydrogens is 290 g/mol. The molecule has 5 nitrogen and oxygen atoms in total. The fraction of sp³-hybridized carbons (Fsp3) is 0.400. The van der Waals surface area contributed by atoms with Gasteiger partial charge in [-0.05, 0) is 31.5 Å². The van der Waals surface area contributed by atoms with Crippen molar-refractivity contribution >= 4 is 5.91 Å². The first kappa shape index (κ1) is 16.1. The van der Waals surface area contributed by atoms with Gasteiger partial charge in [0, 0.05) is 25.6 Å². The molecule has 0 aliphatic carbocycles. The average molecular weight is 308 g/mol. The number of benzene rings is 1. The van der Waals surface area contributed by atoms with E-state index in [4.69, 9.17) is 0 Å². The molecule has 1 aromatic heterocycles. The van der Waals surface area contributed by atoms with E-state index in [1.165, 1.54) is 11.2 Å². The Bertz CT molecular complexity index is 630. The first-order valence-corrected chi connectivity index (χ1v) is 7.02. The van der Waals surface area contributed by atoms with Gasteiger partial charge in [-0.15, -0.1) is 0 Å². The lowest BCUT2D eigenvalue weighted by molar-refractivity contribution is -0.132. The van der Waals surface area contributed by atoms with Gasteiger partial charge in [0.25, 0.3) is 0 Å². The highest BCUT2D eigenvalue weighted by atomic mass is 19.1. The first-order chi connectivity index (χ1) is 10.5. The van der Waals surface area contributed by atoms with Crippen molar-refractivity contribution in [1.29, 1.82) is 0 Å². The molecule has 0 radical (unpaired) electrons. The van der Waals surface area contributed by atoms with Crippen LogP contribution in [-0.2, 0) is 11.3 Å². The molecule has 118 valence electrons. The molecule has 0 aliphatic heterocycles. The molecule has 1 amide bonds. The number of aryl methyl sites for hydroxylation is 1. The van der Waals surface area contributed by atoms with Crippen LogP contribution in [0.1, 0.15) is 31.4 Å².